The van der Waals surface area contributed by atoms with Crippen LogP contribution in [0.25, 0.3) is 16.8 Å². The van der Waals surface area contributed by atoms with Crippen LogP contribution in [-0.2, 0) is 16.0 Å². The van der Waals surface area contributed by atoms with Crippen LogP contribution in [0.1, 0.15) is 67.3 Å². The lowest BCUT2D eigenvalue weighted by molar-refractivity contribution is -0.142. The van der Waals surface area contributed by atoms with E-state index in [1.54, 1.807) is 0 Å². The molecule has 6 nitrogen and oxygen atoms in total. The number of carbonyl (C=O) groups is 1. The Labute approximate surface area is 191 Å². The number of esters is 1. The van der Waals surface area contributed by atoms with Gasteiger partial charge in [0.25, 0.3) is 0 Å². The molecule has 3 rings (SSSR count). The Morgan fingerprint density at radius 2 is 1.62 bits per heavy atom. The summed E-state index contributed by atoms with van der Waals surface area (Å²) < 4.78 is 7.13. The van der Waals surface area contributed by atoms with Gasteiger partial charge >= 0.3 is 5.97 Å². The van der Waals surface area contributed by atoms with Crippen LogP contribution in [-0.4, -0.2) is 33.2 Å². The van der Waals surface area contributed by atoms with Crippen LogP contribution in [0, 0.1) is 34.6 Å². The zero-order valence-electron chi connectivity index (χ0n) is 20.7. The number of nitrogens with zero attached hydrogens (tertiary/aromatic N) is 3. The predicted octanol–water partition coefficient (Wildman–Crippen LogP) is 5.64. The molecule has 0 saturated carbocycles. The van der Waals surface area contributed by atoms with Crippen LogP contribution in [0.3, 0.4) is 0 Å². The molecule has 1 N–H and O–H groups in total. The predicted molar refractivity (Wildman–Crippen MR) is 130 cm³/mol. The van der Waals surface area contributed by atoms with Crippen molar-refractivity contribution in [2.75, 3.05) is 11.9 Å². The Balaban J connectivity index is 2.31. The summed E-state index contributed by atoms with van der Waals surface area (Å²) in [7, 11) is 0. The maximum absolute atomic E-state index is 12.4. The molecular weight excluding hydrogens is 400 g/mol. The molecule has 0 radical (unpaired) electrons. The van der Waals surface area contributed by atoms with Crippen molar-refractivity contribution in [1.82, 2.24) is 14.6 Å². The first kappa shape index (κ1) is 23.8. The summed E-state index contributed by atoms with van der Waals surface area (Å²) in [6.07, 6.45) is 2.12. The molecule has 2 heterocycles. The van der Waals surface area contributed by atoms with Gasteiger partial charge in [0.2, 0.25) is 0 Å². The highest BCUT2D eigenvalue weighted by Crippen LogP contribution is 2.36. The van der Waals surface area contributed by atoms with E-state index < -0.39 is 0 Å². The fourth-order valence-corrected chi connectivity index (χ4v) is 4.57. The third-order valence-corrected chi connectivity index (χ3v) is 6.12. The molecule has 0 bridgehead atoms. The number of benzene rings is 1. The maximum atomic E-state index is 12.4. The summed E-state index contributed by atoms with van der Waals surface area (Å²) in [5.74, 6) is 0.588. The van der Waals surface area contributed by atoms with Crippen molar-refractivity contribution in [3.05, 3.63) is 45.8 Å². The Hall–Kier alpha value is -2.89. The number of hydrogen-bond acceptors (Lipinski definition) is 5. The molecule has 0 unspecified atom stereocenters. The molecule has 0 spiro atoms. The SMILES string of the molecule is CCOC(=O)Cc1c(C)nc2c(-c3c(C)cc(C)cc3C)c(C)nn2c1NC(CC)CC. The number of carbonyl (C=O) groups excluding carboxylic acids is 1. The quantitative estimate of drug-likeness (QED) is 0.463. The van der Waals surface area contributed by atoms with Crippen LogP contribution >= 0.6 is 0 Å². The van der Waals surface area contributed by atoms with Crippen molar-refractivity contribution in [2.45, 2.75) is 80.7 Å². The van der Waals surface area contributed by atoms with Crippen LogP contribution in [0.15, 0.2) is 12.1 Å². The van der Waals surface area contributed by atoms with Crippen LogP contribution in [0.4, 0.5) is 5.82 Å². The van der Waals surface area contributed by atoms with E-state index >= 15 is 0 Å². The van der Waals surface area contributed by atoms with Crippen molar-refractivity contribution >= 4 is 17.4 Å². The molecule has 0 fully saturated rings. The standard InChI is InChI=1S/C26H36N4O2/c1-9-20(10-2)28-25-21(14-22(31)32-11-3)18(7)27-26-24(19(8)29-30(25)26)23-16(5)12-15(4)13-17(23)6/h12-13,20,28H,9-11,14H2,1-8H3. The van der Waals surface area contributed by atoms with Crippen molar-refractivity contribution < 1.29 is 9.53 Å². The molecule has 3 aromatic rings. The summed E-state index contributed by atoms with van der Waals surface area (Å²) >= 11 is 0. The fraction of sp³-hybridized carbons (Fsp3) is 0.500. The smallest absolute Gasteiger partial charge is 0.310 e. The molecule has 0 aliphatic rings. The monoisotopic (exact) mass is 436 g/mol. The minimum absolute atomic E-state index is 0.169. The van der Waals surface area contributed by atoms with Gasteiger partial charge in [0.15, 0.2) is 5.65 Å². The van der Waals surface area contributed by atoms with Crippen LogP contribution in [0.2, 0.25) is 0 Å². The Morgan fingerprint density at radius 1 is 1.00 bits per heavy atom. The zero-order valence-corrected chi connectivity index (χ0v) is 20.7. The molecule has 0 aliphatic heterocycles. The van der Waals surface area contributed by atoms with Gasteiger partial charge < -0.3 is 10.1 Å². The van der Waals surface area contributed by atoms with E-state index in [1.807, 2.05) is 25.3 Å². The van der Waals surface area contributed by atoms with Gasteiger partial charge in [-0.15, -0.1) is 0 Å². The highest BCUT2D eigenvalue weighted by atomic mass is 16.5. The molecule has 0 atom stereocenters. The number of nitrogens with one attached hydrogen (secondary N) is 1. The number of fused-ring (bicyclic) bond motifs is 1. The summed E-state index contributed by atoms with van der Waals surface area (Å²) in [5.41, 5.74) is 9.31. The largest absolute Gasteiger partial charge is 0.466 e. The molecule has 172 valence electrons. The molecule has 1 aromatic carbocycles. The molecule has 6 heteroatoms. The Kier molecular flexibility index (Phi) is 7.22. The number of aromatic nitrogens is 3. The molecule has 2 aromatic heterocycles. The molecular formula is C26H36N4O2. The van der Waals surface area contributed by atoms with Crippen molar-refractivity contribution in [3.8, 4) is 11.1 Å². The van der Waals surface area contributed by atoms with Gasteiger partial charge in [-0.2, -0.15) is 9.61 Å². The van der Waals surface area contributed by atoms with Gasteiger partial charge in [0.05, 0.1) is 24.3 Å². The summed E-state index contributed by atoms with van der Waals surface area (Å²) in [6, 6.07) is 4.68. The van der Waals surface area contributed by atoms with Gasteiger partial charge in [-0.1, -0.05) is 31.5 Å². The van der Waals surface area contributed by atoms with E-state index in [0.717, 1.165) is 46.8 Å². The second kappa shape index (κ2) is 9.72. The molecule has 32 heavy (non-hydrogen) atoms. The number of hydrogen-bond donors (Lipinski definition) is 1. The normalized spacial score (nSPS) is 11.4. The van der Waals surface area contributed by atoms with E-state index in [0.29, 0.717) is 6.61 Å². The first-order valence-electron chi connectivity index (χ1n) is 11.6. The molecule has 0 amide bonds. The first-order chi connectivity index (χ1) is 15.2. The highest BCUT2D eigenvalue weighted by molar-refractivity contribution is 5.86. The van der Waals surface area contributed by atoms with Gasteiger partial charge in [0, 0.05) is 17.3 Å². The van der Waals surface area contributed by atoms with Gasteiger partial charge in [-0.25, -0.2) is 4.98 Å². The summed E-state index contributed by atoms with van der Waals surface area (Å²) in [6.45, 7) is 16.9. The lowest BCUT2D eigenvalue weighted by Crippen LogP contribution is -2.23. The van der Waals surface area contributed by atoms with Crippen LogP contribution < -0.4 is 5.32 Å². The second-order valence-corrected chi connectivity index (χ2v) is 8.63. The van der Waals surface area contributed by atoms with E-state index in [9.17, 15) is 4.79 Å². The first-order valence-corrected chi connectivity index (χ1v) is 11.6. The highest BCUT2D eigenvalue weighted by Gasteiger charge is 2.24. The van der Waals surface area contributed by atoms with Gasteiger partial charge in [-0.3, -0.25) is 4.79 Å². The number of rotatable bonds is 8. The number of ether oxygens (including phenoxy) is 1. The number of aryl methyl sites for hydroxylation is 5. The van der Waals surface area contributed by atoms with Crippen molar-refractivity contribution in [2.24, 2.45) is 0 Å². The average molecular weight is 437 g/mol. The van der Waals surface area contributed by atoms with E-state index in [2.05, 4.69) is 52.1 Å². The van der Waals surface area contributed by atoms with E-state index in [-0.39, 0.29) is 18.4 Å². The Morgan fingerprint density at radius 3 is 2.19 bits per heavy atom. The second-order valence-electron chi connectivity index (χ2n) is 8.63. The third kappa shape index (κ3) is 4.50. The minimum atomic E-state index is -0.251. The van der Waals surface area contributed by atoms with E-state index in [1.165, 1.54) is 22.3 Å². The number of anilines is 1. The van der Waals surface area contributed by atoms with Gasteiger partial charge in [0.1, 0.15) is 5.82 Å². The van der Waals surface area contributed by atoms with E-state index in [4.69, 9.17) is 14.8 Å². The third-order valence-electron chi connectivity index (χ3n) is 6.12. The molecule has 0 aliphatic carbocycles. The average Bonchev–Trinajstić information content (AvgIpc) is 3.03. The van der Waals surface area contributed by atoms with Crippen LogP contribution in [0.5, 0.6) is 0 Å². The van der Waals surface area contributed by atoms with Crippen molar-refractivity contribution in [3.63, 3.8) is 0 Å². The summed E-state index contributed by atoms with van der Waals surface area (Å²) in [4.78, 5) is 17.3. The lowest BCUT2D eigenvalue weighted by atomic mass is 9.94. The Bertz CT molecular complexity index is 1120. The fourth-order valence-electron chi connectivity index (χ4n) is 4.57. The zero-order chi connectivity index (χ0) is 23.6. The minimum Gasteiger partial charge on any atom is -0.466 e. The lowest BCUT2D eigenvalue weighted by Gasteiger charge is -2.21. The van der Waals surface area contributed by atoms with Gasteiger partial charge in [-0.05, 0) is 71.1 Å². The maximum Gasteiger partial charge on any atom is 0.310 e. The van der Waals surface area contributed by atoms with Crippen molar-refractivity contribution in [1.29, 1.82) is 0 Å². The summed E-state index contributed by atoms with van der Waals surface area (Å²) in [5, 5.41) is 8.57. The molecule has 0 saturated heterocycles. The topological polar surface area (TPSA) is 68.5 Å².